The minimum Gasteiger partial charge on any atom is -0.379 e. The van der Waals surface area contributed by atoms with Crippen LogP contribution < -0.4 is 0 Å². The van der Waals surface area contributed by atoms with Gasteiger partial charge in [-0.25, -0.2) is 9.98 Å². The summed E-state index contributed by atoms with van der Waals surface area (Å²) in [5, 5.41) is 0. The van der Waals surface area contributed by atoms with Crippen LogP contribution >= 0.6 is 0 Å². The van der Waals surface area contributed by atoms with E-state index < -0.39 is 0 Å². The van der Waals surface area contributed by atoms with Gasteiger partial charge in [-0.15, -0.1) is 0 Å². The molecular formula is C13H24N4O2. The van der Waals surface area contributed by atoms with Crippen LogP contribution in [0.1, 0.15) is 13.8 Å². The molecule has 19 heavy (non-hydrogen) atoms. The molecule has 0 aromatic carbocycles. The van der Waals surface area contributed by atoms with Crippen LogP contribution in [-0.4, -0.2) is 80.7 Å². The van der Waals surface area contributed by atoms with E-state index >= 15 is 0 Å². The SMILES string of the molecule is CC(N=C=NC(C)N1CCOCC1)N1CCOCC1. The highest BCUT2D eigenvalue weighted by Gasteiger charge is 2.16. The largest absolute Gasteiger partial charge is 0.379 e. The molecule has 0 aliphatic carbocycles. The number of nitrogens with zero attached hydrogens (tertiary/aromatic N) is 4. The van der Waals surface area contributed by atoms with Gasteiger partial charge < -0.3 is 9.47 Å². The van der Waals surface area contributed by atoms with Gasteiger partial charge in [-0.2, -0.15) is 0 Å². The fourth-order valence-corrected chi connectivity index (χ4v) is 2.27. The van der Waals surface area contributed by atoms with Crippen molar-refractivity contribution in [1.82, 2.24) is 9.80 Å². The summed E-state index contributed by atoms with van der Waals surface area (Å²) < 4.78 is 10.7. The van der Waals surface area contributed by atoms with Crippen LogP contribution in [0.3, 0.4) is 0 Å². The third-order valence-electron chi connectivity index (χ3n) is 3.64. The zero-order chi connectivity index (χ0) is 13.5. The van der Waals surface area contributed by atoms with Gasteiger partial charge in [0.2, 0.25) is 0 Å². The fraction of sp³-hybridized carbons (Fsp3) is 0.923. The first kappa shape index (κ1) is 14.6. The molecule has 2 aliphatic heterocycles. The molecule has 2 saturated heterocycles. The Labute approximate surface area is 115 Å². The van der Waals surface area contributed by atoms with E-state index in [1.54, 1.807) is 0 Å². The summed E-state index contributed by atoms with van der Waals surface area (Å²) in [6.07, 6.45) is 0.258. The van der Waals surface area contributed by atoms with Crippen LogP contribution in [0.2, 0.25) is 0 Å². The van der Waals surface area contributed by atoms with E-state index in [-0.39, 0.29) is 12.3 Å². The van der Waals surface area contributed by atoms with Gasteiger partial charge in [0, 0.05) is 26.2 Å². The van der Waals surface area contributed by atoms with Gasteiger partial charge in [0.25, 0.3) is 0 Å². The number of morpholine rings is 2. The van der Waals surface area contributed by atoms with Crippen molar-refractivity contribution in [1.29, 1.82) is 0 Å². The van der Waals surface area contributed by atoms with Crippen LogP contribution in [0.4, 0.5) is 0 Å². The lowest BCUT2D eigenvalue weighted by atomic mass is 10.4. The molecular weight excluding hydrogens is 244 g/mol. The van der Waals surface area contributed by atoms with E-state index in [1.165, 1.54) is 0 Å². The summed E-state index contributed by atoms with van der Waals surface area (Å²) in [5.41, 5.74) is 0. The Morgan fingerprint density at radius 2 is 1.16 bits per heavy atom. The molecule has 0 bridgehead atoms. The molecule has 2 heterocycles. The van der Waals surface area contributed by atoms with E-state index in [1.807, 2.05) is 0 Å². The van der Waals surface area contributed by atoms with Gasteiger partial charge in [0.1, 0.15) is 12.3 Å². The third kappa shape index (κ3) is 4.67. The first-order valence-electron chi connectivity index (χ1n) is 7.05. The Kier molecular flexibility index (Phi) is 5.94. The molecule has 6 nitrogen and oxygen atoms in total. The quantitative estimate of drug-likeness (QED) is 0.697. The summed E-state index contributed by atoms with van der Waals surface area (Å²) in [6, 6.07) is 2.86. The second kappa shape index (κ2) is 7.72. The fourth-order valence-electron chi connectivity index (χ4n) is 2.27. The zero-order valence-electron chi connectivity index (χ0n) is 11.9. The lowest BCUT2D eigenvalue weighted by Gasteiger charge is -2.29. The van der Waals surface area contributed by atoms with Gasteiger partial charge in [-0.3, -0.25) is 9.80 Å². The van der Waals surface area contributed by atoms with Crippen molar-refractivity contribution in [3.63, 3.8) is 0 Å². The molecule has 0 spiro atoms. The van der Waals surface area contributed by atoms with Crippen LogP contribution in [0, 0.1) is 0 Å². The lowest BCUT2D eigenvalue weighted by Crippen LogP contribution is -2.41. The number of hydrogen-bond donors (Lipinski definition) is 0. The number of aliphatic imine (C=N–C) groups is 2. The van der Waals surface area contributed by atoms with Gasteiger partial charge in [0.05, 0.1) is 32.4 Å². The molecule has 0 aromatic rings. The Morgan fingerprint density at radius 3 is 1.53 bits per heavy atom. The molecule has 2 fully saturated rings. The number of rotatable bonds is 4. The Morgan fingerprint density at radius 1 is 0.789 bits per heavy atom. The lowest BCUT2D eigenvalue weighted by molar-refractivity contribution is 0.0211. The first-order chi connectivity index (χ1) is 9.27. The van der Waals surface area contributed by atoms with Crippen LogP contribution in [0.25, 0.3) is 0 Å². The molecule has 2 unspecified atom stereocenters. The maximum absolute atomic E-state index is 5.33. The molecule has 0 saturated carbocycles. The van der Waals surface area contributed by atoms with Gasteiger partial charge in [0.15, 0.2) is 0 Å². The Hall–Kier alpha value is -0.780. The van der Waals surface area contributed by atoms with E-state index in [0.29, 0.717) is 0 Å². The zero-order valence-corrected chi connectivity index (χ0v) is 11.9. The highest BCUT2D eigenvalue weighted by molar-refractivity contribution is 5.41. The summed E-state index contributed by atoms with van der Waals surface area (Å²) in [5.74, 6) is 0. The minimum absolute atomic E-state index is 0.129. The molecule has 2 atom stereocenters. The Balaban J connectivity index is 1.80. The molecule has 6 heteroatoms. The maximum atomic E-state index is 5.33. The maximum Gasteiger partial charge on any atom is 0.110 e. The number of hydrogen-bond acceptors (Lipinski definition) is 6. The Bertz CT molecular complexity index is 291. The predicted octanol–water partition coefficient (Wildman–Crippen LogP) is 0.517. The molecule has 2 rings (SSSR count). The van der Waals surface area contributed by atoms with Gasteiger partial charge in [-0.1, -0.05) is 0 Å². The highest BCUT2D eigenvalue weighted by Crippen LogP contribution is 2.05. The van der Waals surface area contributed by atoms with Crippen molar-refractivity contribution in [3.8, 4) is 0 Å². The first-order valence-corrected chi connectivity index (χ1v) is 7.05. The summed E-state index contributed by atoms with van der Waals surface area (Å²) in [7, 11) is 0. The van der Waals surface area contributed by atoms with Gasteiger partial charge >= 0.3 is 0 Å². The molecule has 0 aromatic heterocycles. The van der Waals surface area contributed by atoms with Crippen molar-refractivity contribution in [2.75, 3.05) is 52.6 Å². The standard InChI is InChI=1S/C13H24N4O2/c1-12(16-3-7-18-8-4-16)14-11-15-13(2)17-5-9-19-10-6-17/h12-13H,3-10H2,1-2H3. The van der Waals surface area contributed by atoms with Crippen molar-refractivity contribution in [3.05, 3.63) is 0 Å². The van der Waals surface area contributed by atoms with Crippen molar-refractivity contribution in [2.24, 2.45) is 9.98 Å². The monoisotopic (exact) mass is 268 g/mol. The topological polar surface area (TPSA) is 49.7 Å². The van der Waals surface area contributed by atoms with Gasteiger partial charge in [-0.05, 0) is 13.8 Å². The predicted molar refractivity (Wildman–Crippen MR) is 73.6 cm³/mol. The molecule has 0 N–H and O–H groups in total. The van der Waals surface area contributed by atoms with Crippen LogP contribution in [-0.2, 0) is 9.47 Å². The molecule has 0 radical (unpaired) electrons. The summed E-state index contributed by atoms with van der Waals surface area (Å²) in [6.45, 7) is 11.1. The van der Waals surface area contributed by atoms with Crippen molar-refractivity contribution >= 4 is 6.01 Å². The molecule has 108 valence electrons. The second-order valence-corrected chi connectivity index (χ2v) is 4.92. The van der Waals surface area contributed by atoms with E-state index in [4.69, 9.17) is 9.47 Å². The third-order valence-corrected chi connectivity index (χ3v) is 3.64. The smallest absolute Gasteiger partial charge is 0.110 e. The molecule has 0 amide bonds. The van der Waals surface area contributed by atoms with Crippen LogP contribution in [0.15, 0.2) is 9.98 Å². The summed E-state index contributed by atoms with van der Waals surface area (Å²) in [4.78, 5) is 13.3. The second-order valence-electron chi connectivity index (χ2n) is 4.92. The minimum atomic E-state index is 0.129. The average molecular weight is 268 g/mol. The summed E-state index contributed by atoms with van der Waals surface area (Å²) >= 11 is 0. The van der Waals surface area contributed by atoms with E-state index in [2.05, 4.69) is 39.6 Å². The van der Waals surface area contributed by atoms with Crippen LogP contribution in [0.5, 0.6) is 0 Å². The van der Waals surface area contributed by atoms with Crippen molar-refractivity contribution in [2.45, 2.75) is 26.2 Å². The highest BCUT2D eigenvalue weighted by atomic mass is 16.5. The average Bonchev–Trinajstić information content (AvgIpc) is 2.49. The van der Waals surface area contributed by atoms with E-state index in [9.17, 15) is 0 Å². The van der Waals surface area contributed by atoms with E-state index in [0.717, 1.165) is 52.6 Å². The number of ether oxygens (including phenoxy) is 2. The molecule has 2 aliphatic rings. The normalized spacial score (nSPS) is 25.4. The van der Waals surface area contributed by atoms with Crippen molar-refractivity contribution < 1.29 is 9.47 Å².